The first-order valence-electron chi connectivity index (χ1n) is 10.3. The SMILES string of the molecule is CCOc1ccc(S(=O)(=O)N2CCN(S(=O)(=O)C3=Cc4ccccc4CC3)CC2)cc1. The second kappa shape index (κ2) is 8.74. The number of rotatable bonds is 6. The Labute approximate surface area is 184 Å². The third kappa shape index (κ3) is 4.41. The standard InChI is InChI=1S/C22H26N2O5S2/c1-2-29-20-8-11-21(12-9-20)30(25,26)23-13-15-24(16-14-23)31(27,28)22-10-7-18-5-3-4-6-19(18)17-22/h3-6,8-9,11-12,17H,2,7,10,13-16H2,1H3. The minimum Gasteiger partial charge on any atom is -0.494 e. The zero-order chi connectivity index (χ0) is 22.1. The molecular weight excluding hydrogens is 436 g/mol. The van der Waals surface area contributed by atoms with Crippen LogP contribution in [-0.2, 0) is 26.5 Å². The number of hydrogen-bond acceptors (Lipinski definition) is 5. The Hall–Kier alpha value is -2.20. The van der Waals surface area contributed by atoms with Gasteiger partial charge in [0.15, 0.2) is 0 Å². The summed E-state index contributed by atoms with van der Waals surface area (Å²) in [5, 5.41) is 0. The minimum absolute atomic E-state index is 0.124. The van der Waals surface area contributed by atoms with Crippen molar-refractivity contribution in [1.29, 1.82) is 0 Å². The van der Waals surface area contributed by atoms with Gasteiger partial charge in [-0.3, -0.25) is 0 Å². The van der Waals surface area contributed by atoms with Gasteiger partial charge in [0, 0.05) is 26.2 Å². The molecule has 166 valence electrons. The number of sulfonamides is 2. The molecule has 1 aliphatic carbocycles. The average molecular weight is 463 g/mol. The van der Waals surface area contributed by atoms with Crippen LogP contribution in [0.2, 0.25) is 0 Å². The molecule has 0 saturated carbocycles. The molecule has 9 heteroatoms. The van der Waals surface area contributed by atoms with Crippen molar-refractivity contribution in [2.24, 2.45) is 0 Å². The Kier molecular flexibility index (Phi) is 6.20. The van der Waals surface area contributed by atoms with Crippen LogP contribution in [-0.4, -0.2) is 58.2 Å². The zero-order valence-electron chi connectivity index (χ0n) is 17.4. The molecule has 0 amide bonds. The molecule has 1 saturated heterocycles. The maximum Gasteiger partial charge on any atom is 0.243 e. The van der Waals surface area contributed by atoms with Crippen LogP contribution in [0.1, 0.15) is 24.5 Å². The molecule has 0 N–H and O–H groups in total. The van der Waals surface area contributed by atoms with Crippen molar-refractivity contribution in [2.75, 3.05) is 32.8 Å². The second-order valence-corrected chi connectivity index (χ2v) is 11.5. The molecule has 0 unspecified atom stereocenters. The Morgan fingerprint density at radius 2 is 1.42 bits per heavy atom. The number of nitrogens with zero attached hydrogens (tertiary/aromatic N) is 2. The molecule has 0 bridgehead atoms. The fourth-order valence-electron chi connectivity index (χ4n) is 3.95. The summed E-state index contributed by atoms with van der Waals surface area (Å²) in [4.78, 5) is 0.577. The van der Waals surface area contributed by atoms with E-state index in [9.17, 15) is 16.8 Å². The lowest BCUT2D eigenvalue weighted by atomic mass is 9.98. The minimum atomic E-state index is -3.69. The topological polar surface area (TPSA) is 84.0 Å². The molecular formula is C22H26N2O5S2. The van der Waals surface area contributed by atoms with E-state index in [1.54, 1.807) is 18.2 Å². The van der Waals surface area contributed by atoms with Crippen molar-refractivity contribution >= 4 is 26.1 Å². The van der Waals surface area contributed by atoms with Crippen LogP contribution in [0.15, 0.2) is 58.3 Å². The number of benzene rings is 2. The third-order valence-corrected chi connectivity index (χ3v) is 9.60. The number of ether oxygens (including phenoxy) is 1. The van der Waals surface area contributed by atoms with E-state index in [0.717, 1.165) is 11.1 Å². The quantitative estimate of drug-likeness (QED) is 0.659. The van der Waals surface area contributed by atoms with E-state index in [-0.39, 0.29) is 31.1 Å². The van der Waals surface area contributed by atoms with Gasteiger partial charge in [0.05, 0.1) is 16.4 Å². The van der Waals surface area contributed by atoms with Gasteiger partial charge >= 0.3 is 0 Å². The van der Waals surface area contributed by atoms with Crippen LogP contribution in [0.4, 0.5) is 0 Å². The van der Waals surface area contributed by atoms with Crippen molar-refractivity contribution in [3.63, 3.8) is 0 Å². The normalized spacial score (nSPS) is 18.3. The molecule has 4 rings (SSSR count). The summed E-state index contributed by atoms with van der Waals surface area (Å²) in [5.41, 5.74) is 2.08. The number of aryl methyl sites for hydroxylation is 1. The molecule has 2 aromatic carbocycles. The van der Waals surface area contributed by atoms with Gasteiger partial charge in [-0.05, 0) is 61.2 Å². The average Bonchev–Trinajstić information content (AvgIpc) is 2.79. The lowest BCUT2D eigenvalue weighted by molar-refractivity contribution is 0.274. The van der Waals surface area contributed by atoms with Crippen LogP contribution < -0.4 is 4.74 Å². The number of piperazine rings is 1. The lowest BCUT2D eigenvalue weighted by Gasteiger charge is -2.34. The van der Waals surface area contributed by atoms with Gasteiger partial charge in [-0.2, -0.15) is 8.61 Å². The Morgan fingerprint density at radius 1 is 0.806 bits per heavy atom. The molecule has 7 nitrogen and oxygen atoms in total. The van der Waals surface area contributed by atoms with Gasteiger partial charge in [0.25, 0.3) is 0 Å². The van der Waals surface area contributed by atoms with Crippen molar-refractivity contribution in [2.45, 2.75) is 24.7 Å². The Morgan fingerprint density at radius 3 is 2.06 bits per heavy atom. The van der Waals surface area contributed by atoms with Gasteiger partial charge in [-0.25, -0.2) is 16.8 Å². The number of hydrogen-bond donors (Lipinski definition) is 0. The summed E-state index contributed by atoms with van der Waals surface area (Å²) in [5.74, 6) is 0.611. The van der Waals surface area contributed by atoms with E-state index < -0.39 is 20.0 Å². The molecule has 0 aromatic heterocycles. The monoisotopic (exact) mass is 462 g/mol. The van der Waals surface area contributed by atoms with Gasteiger partial charge in [0.1, 0.15) is 5.75 Å². The molecule has 2 aromatic rings. The van der Waals surface area contributed by atoms with Crippen LogP contribution >= 0.6 is 0 Å². The van der Waals surface area contributed by atoms with E-state index in [2.05, 4.69) is 0 Å². The van der Waals surface area contributed by atoms with Gasteiger partial charge in [-0.15, -0.1) is 0 Å². The highest BCUT2D eigenvalue weighted by molar-refractivity contribution is 7.93. The van der Waals surface area contributed by atoms with E-state index >= 15 is 0 Å². The van der Waals surface area contributed by atoms with Crippen LogP contribution in [0.5, 0.6) is 5.75 Å². The predicted octanol–water partition coefficient (Wildman–Crippen LogP) is 2.71. The summed E-state index contributed by atoms with van der Waals surface area (Å²) in [6.07, 6.45) is 2.90. The predicted molar refractivity (Wildman–Crippen MR) is 120 cm³/mol. The molecule has 0 spiro atoms. The van der Waals surface area contributed by atoms with Crippen molar-refractivity contribution < 1.29 is 21.6 Å². The summed E-state index contributed by atoms with van der Waals surface area (Å²) in [6, 6.07) is 14.1. The summed E-state index contributed by atoms with van der Waals surface area (Å²) in [6.45, 7) is 2.89. The van der Waals surface area contributed by atoms with Crippen LogP contribution in [0, 0.1) is 0 Å². The molecule has 1 fully saturated rings. The first-order chi connectivity index (χ1) is 14.8. The van der Waals surface area contributed by atoms with E-state index in [4.69, 9.17) is 4.74 Å². The highest BCUT2D eigenvalue weighted by atomic mass is 32.2. The molecule has 2 aliphatic rings. The highest BCUT2D eigenvalue weighted by Crippen LogP contribution is 2.30. The first-order valence-corrected chi connectivity index (χ1v) is 13.2. The molecule has 31 heavy (non-hydrogen) atoms. The molecule has 0 atom stereocenters. The van der Waals surface area contributed by atoms with Gasteiger partial charge in [0.2, 0.25) is 20.0 Å². The number of fused-ring (bicyclic) bond motifs is 1. The van der Waals surface area contributed by atoms with E-state index in [1.807, 2.05) is 31.2 Å². The van der Waals surface area contributed by atoms with Crippen molar-refractivity contribution in [1.82, 2.24) is 8.61 Å². The van der Waals surface area contributed by atoms with E-state index in [1.165, 1.54) is 20.7 Å². The van der Waals surface area contributed by atoms with Crippen LogP contribution in [0.25, 0.3) is 6.08 Å². The second-order valence-electron chi connectivity index (χ2n) is 7.52. The first kappa shape index (κ1) is 22.0. The Bertz CT molecular complexity index is 1180. The fourth-order valence-corrected chi connectivity index (χ4v) is 6.98. The summed E-state index contributed by atoms with van der Waals surface area (Å²) >= 11 is 0. The fraction of sp³-hybridized carbons (Fsp3) is 0.364. The van der Waals surface area contributed by atoms with Crippen LogP contribution in [0.3, 0.4) is 0 Å². The third-order valence-electron chi connectivity index (χ3n) is 5.65. The highest BCUT2D eigenvalue weighted by Gasteiger charge is 2.35. The largest absolute Gasteiger partial charge is 0.494 e. The lowest BCUT2D eigenvalue weighted by Crippen LogP contribution is -2.50. The zero-order valence-corrected chi connectivity index (χ0v) is 19.0. The molecule has 0 radical (unpaired) electrons. The van der Waals surface area contributed by atoms with Gasteiger partial charge < -0.3 is 4.74 Å². The smallest absolute Gasteiger partial charge is 0.243 e. The van der Waals surface area contributed by atoms with Gasteiger partial charge in [-0.1, -0.05) is 24.3 Å². The van der Waals surface area contributed by atoms with E-state index in [0.29, 0.717) is 30.1 Å². The molecule has 1 heterocycles. The van der Waals surface area contributed by atoms with Crippen molar-refractivity contribution in [3.8, 4) is 5.75 Å². The Balaban J connectivity index is 1.46. The molecule has 1 aliphatic heterocycles. The summed E-state index contributed by atoms with van der Waals surface area (Å²) < 4.78 is 60.3. The van der Waals surface area contributed by atoms with Crippen molar-refractivity contribution in [3.05, 3.63) is 64.6 Å². The maximum absolute atomic E-state index is 13.2. The maximum atomic E-state index is 13.2. The number of allylic oxidation sites excluding steroid dienone is 1. The summed E-state index contributed by atoms with van der Waals surface area (Å²) in [7, 11) is -7.30.